The third-order valence-electron chi connectivity index (χ3n) is 3.79. The highest BCUT2D eigenvalue weighted by atomic mass is 16.5. The number of ether oxygens (including phenoxy) is 1. The molecular formula is C19H31NO3. The van der Waals surface area contributed by atoms with E-state index < -0.39 is 0 Å². The minimum atomic E-state index is 0.0340. The van der Waals surface area contributed by atoms with Crippen LogP contribution in [0.25, 0.3) is 0 Å². The SMILES string of the molecule is CCCCCCCCCCNC(=O)CCOc1ccc(O)cc1. The molecule has 130 valence electrons. The number of benzene rings is 1. The Hall–Kier alpha value is -1.71. The van der Waals surface area contributed by atoms with Gasteiger partial charge in [0.15, 0.2) is 0 Å². The number of carbonyl (C=O) groups excluding carboxylic acids is 1. The largest absolute Gasteiger partial charge is 0.508 e. The van der Waals surface area contributed by atoms with Gasteiger partial charge < -0.3 is 15.2 Å². The first kappa shape index (κ1) is 19.3. The first-order valence-electron chi connectivity index (χ1n) is 8.91. The van der Waals surface area contributed by atoms with Crippen LogP contribution in [0.3, 0.4) is 0 Å². The summed E-state index contributed by atoms with van der Waals surface area (Å²) in [6.07, 6.45) is 10.5. The number of aromatic hydroxyl groups is 1. The zero-order chi connectivity index (χ0) is 16.8. The number of amides is 1. The van der Waals surface area contributed by atoms with Crippen LogP contribution in [-0.4, -0.2) is 24.2 Å². The molecule has 0 unspecified atom stereocenters. The van der Waals surface area contributed by atoms with Gasteiger partial charge >= 0.3 is 0 Å². The standard InChI is InChI=1S/C19H31NO3/c1-2-3-4-5-6-7-8-9-15-20-19(22)14-16-23-18-12-10-17(21)11-13-18/h10-13,21H,2-9,14-16H2,1H3,(H,20,22). The summed E-state index contributed by atoms with van der Waals surface area (Å²) >= 11 is 0. The van der Waals surface area contributed by atoms with Gasteiger partial charge in [0, 0.05) is 6.54 Å². The third-order valence-corrected chi connectivity index (χ3v) is 3.79. The Kier molecular flexibility index (Phi) is 10.8. The van der Waals surface area contributed by atoms with Gasteiger partial charge in [0.25, 0.3) is 0 Å². The van der Waals surface area contributed by atoms with E-state index in [1.807, 2.05) is 0 Å². The summed E-state index contributed by atoms with van der Waals surface area (Å²) in [7, 11) is 0. The van der Waals surface area contributed by atoms with Crippen LogP contribution in [0.1, 0.15) is 64.7 Å². The number of unbranched alkanes of at least 4 members (excludes halogenated alkanes) is 7. The molecule has 1 aromatic rings. The van der Waals surface area contributed by atoms with Crippen LogP contribution in [-0.2, 0) is 4.79 Å². The molecular weight excluding hydrogens is 290 g/mol. The molecule has 4 heteroatoms. The average molecular weight is 321 g/mol. The minimum absolute atomic E-state index is 0.0340. The topological polar surface area (TPSA) is 58.6 Å². The average Bonchev–Trinajstić information content (AvgIpc) is 2.55. The molecule has 4 nitrogen and oxygen atoms in total. The van der Waals surface area contributed by atoms with Gasteiger partial charge in [-0.15, -0.1) is 0 Å². The van der Waals surface area contributed by atoms with Gasteiger partial charge in [0.2, 0.25) is 5.91 Å². The molecule has 1 amide bonds. The van der Waals surface area contributed by atoms with Crippen LogP contribution in [0.4, 0.5) is 0 Å². The van der Waals surface area contributed by atoms with Crippen molar-refractivity contribution in [2.45, 2.75) is 64.7 Å². The molecule has 23 heavy (non-hydrogen) atoms. The Morgan fingerprint density at radius 2 is 1.61 bits per heavy atom. The zero-order valence-electron chi connectivity index (χ0n) is 14.4. The van der Waals surface area contributed by atoms with Crippen LogP contribution in [0, 0.1) is 0 Å². The summed E-state index contributed by atoms with van der Waals surface area (Å²) in [6, 6.07) is 6.51. The number of phenols is 1. The summed E-state index contributed by atoms with van der Waals surface area (Å²) in [5, 5.41) is 12.1. The van der Waals surface area contributed by atoms with Crippen molar-refractivity contribution < 1.29 is 14.6 Å². The number of carbonyl (C=O) groups is 1. The first-order chi connectivity index (χ1) is 11.2. The number of nitrogens with one attached hydrogen (secondary N) is 1. The Morgan fingerprint density at radius 1 is 1.00 bits per heavy atom. The van der Waals surface area contributed by atoms with Gasteiger partial charge in [-0.1, -0.05) is 51.9 Å². The first-order valence-corrected chi connectivity index (χ1v) is 8.91. The van der Waals surface area contributed by atoms with Crippen molar-refractivity contribution in [1.82, 2.24) is 5.32 Å². The third kappa shape index (κ3) is 10.6. The molecule has 1 aromatic carbocycles. The van der Waals surface area contributed by atoms with Gasteiger partial charge in [-0.2, -0.15) is 0 Å². The quantitative estimate of drug-likeness (QED) is 0.529. The molecule has 2 N–H and O–H groups in total. The Labute approximate surface area is 140 Å². The van der Waals surface area contributed by atoms with E-state index in [2.05, 4.69) is 12.2 Å². The summed E-state index contributed by atoms with van der Waals surface area (Å²) in [5.74, 6) is 0.908. The molecule has 0 heterocycles. The molecule has 0 fully saturated rings. The molecule has 0 spiro atoms. The second-order valence-electron chi connectivity index (χ2n) is 5.92. The molecule has 1 rings (SSSR count). The van der Waals surface area contributed by atoms with Crippen molar-refractivity contribution in [1.29, 1.82) is 0 Å². The fraction of sp³-hybridized carbons (Fsp3) is 0.632. The molecule has 0 radical (unpaired) electrons. The second kappa shape index (κ2) is 12.8. The fourth-order valence-corrected chi connectivity index (χ4v) is 2.38. The van der Waals surface area contributed by atoms with Crippen molar-refractivity contribution in [3.63, 3.8) is 0 Å². The molecule has 0 saturated heterocycles. The molecule has 0 aliphatic rings. The zero-order valence-corrected chi connectivity index (χ0v) is 14.4. The van der Waals surface area contributed by atoms with Gasteiger partial charge in [-0.05, 0) is 30.7 Å². The maximum Gasteiger partial charge on any atom is 0.223 e. The van der Waals surface area contributed by atoms with E-state index in [1.165, 1.54) is 44.9 Å². The van der Waals surface area contributed by atoms with Crippen LogP contribution >= 0.6 is 0 Å². The second-order valence-corrected chi connectivity index (χ2v) is 5.92. The number of phenolic OH excluding ortho intramolecular Hbond substituents is 1. The van der Waals surface area contributed by atoms with Gasteiger partial charge in [0.1, 0.15) is 11.5 Å². The molecule has 0 aliphatic heterocycles. The van der Waals surface area contributed by atoms with Gasteiger partial charge in [-0.3, -0.25) is 4.79 Å². The Balaban J connectivity index is 1.91. The Bertz CT molecular complexity index is 417. The van der Waals surface area contributed by atoms with E-state index >= 15 is 0 Å². The van der Waals surface area contributed by atoms with Crippen molar-refractivity contribution in [2.24, 2.45) is 0 Å². The predicted molar refractivity (Wildman–Crippen MR) is 93.8 cm³/mol. The summed E-state index contributed by atoms with van der Waals surface area (Å²) in [4.78, 5) is 11.7. The van der Waals surface area contributed by atoms with Crippen LogP contribution < -0.4 is 10.1 Å². The summed E-state index contributed by atoms with van der Waals surface area (Å²) < 4.78 is 5.45. The smallest absolute Gasteiger partial charge is 0.223 e. The highest BCUT2D eigenvalue weighted by Crippen LogP contribution is 2.15. The van der Waals surface area contributed by atoms with E-state index in [0.29, 0.717) is 18.8 Å². The van der Waals surface area contributed by atoms with E-state index in [-0.39, 0.29) is 11.7 Å². The fourth-order valence-electron chi connectivity index (χ4n) is 2.38. The molecule has 0 saturated carbocycles. The highest BCUT2D eigenvalue weighted by molar-refractivity contribution is 5.75. The van der Waals surface area contributed by atoms with Gasteiger partial charge in [0.05, 0.1) is 13.0 Å². The molecule has 0 atom stereocenters. The normalized spacial score (nSPS) is 10.5. The van der Waals surface area contributed by atoms with E-state index in [0.717, 1.165) is 13.0 Å². The van der Waals surface area contributed by atoms with E-state index in [1.54, 1.807) is 24.3 Å². The maximum absolute atomic E-state index is 11.7. The predicted octanol–water partition coefficient (Wildman–Crippen LogP) is 4.42. The summed E-state index contributed by atoms with van der Waals surface area (Å²) in [6.45, 7) is 3.35. The lowest BCUT2D eigenvalue weighted by Gasteiger charge is -2.07. The number of hydrogen-bond donors (Lipinski definition) is 2. The van der Waals surface area contributed by atoms with Crippen LogP contribution in [0.15, 0.2) is 24.3 Å². The van der Waals surface area contributed by atoms with Gasteiger partial charge in [-0.25, -0.2) is 0 Å². The lowest BCUT2D eigenvalue weighted by molar-refractivity contribution is -0.121. The number of rotatable bonds is 13. The maximum atomic E-state index is 11.7. The number of hydrogen-bond acceptors (Lipinski definition) is 3. The lowest BCUT2D eigenvalue weighted by atomic mass is 10.1. The van der Waals surface area contributed by atoms with Crippen molar-refractivity contribution >= 4 is 5.91 Å². The monoisotopic (exact) mass is 321 g/mol. The minimum Gasteiger partial charge on any atom is -0.508 e. The van der Waals surface area contributed by atoms with Crippen molar-refractivity contribution in [3.05, 3.63) is 24.3 Å². The summed E-state index contributed by atoms with van der Waals surface area (Å²) in [5.41, 5.74) is 0. The van der Waals surface area contributed by atoms with Crippen LogP contribution in [0.5, 0.6) is 11.5 Å². The lowest BCUT2D eigenvalue weighted by Crippen LogP contribution is -2.25. The van der Waals surface area contributed by atoms with Crippen molar-refractivity contribution in [3.8, 4) is 11.5 Å². The molecule has 0 aromatic heterocycles. The highest BCUT2D eigenvalue weighted by Gasteiger charge is 2.01. The van der Waals surface area contributed by atoms with Crippen molar-refractivity contribution in [2.75, 3.05) is 13.2 Å². The van der Waals surface area contributed by atoms with Crippen LogP contribution in [0.2, 0.25) is 0 Å². The van der Waals surface area contributed by atoms with E-state index in [9.17, 15) is 4.79 Å². The molecule has 0 bridgehead atoms. The molecule has 0 aliphatic carbocycles. The van der Waals surface area contributed by atoms with E-state index in [4.69, 9.17) is 9.84 Å². The Morgan fingerprint density at radius 3 is 2.26 bits per heavy atom.